The lowest BCUT2D eigenvalue weighted by molar-refractivity contribution is 0.409. The average molecular weight is 647 g/mol. The second-order valence-corrected chi connectivity index (χ2v) is 15.7. The van der Waals surface area contributed by atoms with Gasteiger partial charge in [-0.25, -0.2) is 4.39 Å². The molecule has 0 unspecified atom stereocenters. The topological polar surface area (TPSA) is 97.7 Å². The minimum Gasteiger partial charge on any atom is -0.375 e. The molecule has 3 aliphatic rings. The number of hydrogen-bond acceptors (Lipinski definition) is 5. The second kappa shape index (κ2) is 12.7. The van der Waals surface area contributed by atoms with Crippen molar-refractivity contribution in [3.8, 4) is 5.75 Å². The van der Waals surface area contributed by atoms with E-state index in [1.807, 2.05) is 0 Å². The zero-order valence-corrected chi connectivity index (χ0v) is 26.5. The molecule has 3 aliphatic carbocycles. The minimum atomic E-state index is -5.17. The molecule has 10 heteroatoms. The zero-order valence-electron chi connectivity index (χ0n) is 24.9. The van der Waals surface area contributed by atoms with Crippen molar-refractivity contribution in [2.45, 2.75) is 124 Å². The van der Waals surface area contributed by atoms with E-state index in [0.29, 0.717) is 17.0 Å². The maximum Gasteiger partial charge on any atom is 0.339 e. The van der Waals surface area contributed by atoms with Crippen molar-refractivity contribution >= 4 is 31.0 Å². The van der Waals surface area contributed by atoms with Crippen LogP contribution in [0.3, 0.4) is 0 Å². The quantitative estimate of drug-likeness (QED) is 0.203. The highest BCUT2D eigenvalue weighted by atomic mass is 32.2. The van der Waals surface area contributed by atoms with Crippen LogP contribution < -0.4 is 4.18 Å². The molecule has 0 saturated heterocycles. The van der Waals surface area contributed by atoms with Crippen LogP contribution in [-0.2, 0) is 20.2 Å². The van der Waals surface area contributed by atoms with Crippen LogP contribution in [0.1, 0.15) is 131 Å². The Morgan fingerprint density at radius 2 is 1.07 bits per heavy atom. The average Bonchev–Trinajstić information content (AvgIpc) is 3.03. The van der Waals surface area contributed by atoms with Gasteiger partial charge in [-0.2, -0.15) is 21.2 Å². The number of halogens is 2. The van der Waals surface area contributed by atoms with E-state index in [-0.39, 0.29) is 27.5 Å². The van der Waals surface area contributed by atoms with Gasteiger partial charge >= 0.3 is 10.1 Å². The van der Waals surface area contributed by atoms with Crippen LogP contribution in [0.5, 0.6) is 5.75 Å². The van der Waals surface area contributed by atoms with Gasteiger partial charge in [-0.1, -0.05) is 94.2 Å². The van der Waals surface area contributed by atoms with Gasteiger partial charge in [0.25, 0.3) is 10.1 Å². The molecule has 0 bridgehead atoms. The first-order valence-electron chi connectivity index (χ1n) is 16.1. The van der Waals surface area contributed by atoms with Crippen LogP contribution in [0.25, 0.3) is 10.8 Å². The highest BCUT2D eigenvalue weighted by Crippen LogP contribution is 2.47. The van der Waals surface area contributed by atoms with Gasteiger partial charge in [-0.15, -0.1) is 0 Å². The standard InChI is InChI=1S/C34H40F2O6S2/c35-30-31(36)34(43(37,38)39)27-19-11-10-18-26(27)32(30)42-44(40,41)33-28(23-14-6-2-7-15-23)20-25(22-12-4-1-5-13-22)21-29(33)24-16-8-3-9-17-24/h10-11,18-24H,1-9,12-17H2,(H,37,38,39). The number of benzene rings is 3. The van der Waals surface area contributed by atoms with Gasteiger partial charge in [-0.05, 0) is 73.0 Å². The number of rotatable bonds is 7. The zero-order chi connectivity index (χ0) is 31.1. The van der Waals surface area contributed by atoms with E-state index in [0.717, 1.165) is 89.9 Å². The molecule has 238 valence electrons. The molecule has 0 spiro atoms. The van der Waals surface area contributed by atoms with Gasteiger partial charge in [0.05, 0.1) is 0 Å². The summed E-state index contributed by atoms with van der Waals surface area (Å²) in [6.45, 7) is 0. The Hall–Kier alpha value is -2.56. The van der Waals surface area contributed by atoms with Gasteiger partial charge in [0.1, 0.15) is 9.79 Å². The van der Waals surface area contributed by atoms with E-state index < -0.39 is 42.5 Å². The van der Waals surface area contributed by atoms with Crippen LogP contribution in [0.15, 0.2) is 46.2 Å². The molecule has 0 aliphatic heterocycles. The summed E-state index contributed by atoms with van der Waals surface area (Å²) < 4.78 is 99.3. The third-order valence-electron chi connectivity index (χ3n) is 10.0. The Balaban J connectivity index is 1.56. The van der Waals surface area contributed by atoms with Gasteiger partial charge < -0.3 is 4.18 Å². The predicted octanol–water partition coefficient (Wildman–Crippen LogP) is 9.28. The molecule has 6 rings (SSSR count). The molecule has 0 aromatic heterocycles. The molecule has 44 heavy (non-hydrogen) atoms. The Kier molecular flexibility index (Phi) is 9.05. The predicted molar refractivity (Wildman–Crippen MR) is 165 cm³/mol. The maximum absolute atomic E-state index is 15.6. The summed E-state index contributed by atoms with van der Waals surface area (Å²) in [5.74, 6) is -4.21. The number of hydrogen-bond donors (Lipinski definition) is 1. The summed E-state index contributed by atoms with van der Waals surface area (Å²) in [6.07, 6.45) is 15.1. The first-order valence-corrected chi connectivity index (χ1v) is 18.9. The van der Waals surface area contributed by atoms with Crippen molar-refractivity contribution < 1.29 is 34.4 Å². The highest BCUT2D eigenvalue weighted by molar-refractivity contribution is 7.87. The Morgan fingerprint density at radius 3 is 1.55 bits per heavy atom. The lowest BCUT2D eigenvalue weighted by atomic mass is 9.76. The van der Waals surface area contributed by atoms with Gasteiger partial charge in [0.2, 0.25) is 5.82 Å². The third-order valence-corrected chi connectivity index (χ3v) is 12.3. The van der Waals surface area contributed by atoms with E-state index in [9.17, 15) is 21.4 Å². The largest absolute Gasteiger partial charge is 0.375 e. The van der Waals surface area contributed by atoms with Crippen LogP contribution in [0.2, 0.25) is 0 Å². The fraction of sp³-hybridized carbons (Fsp3) is 0.529. The molecule has 1 N–H and O–H groups in total. The first kappa shape index (κ1) is 31.4. The summed E-state index contributed by atoms with van der Waals surface area (Å²) >= 11 is 0. The molecule has 0 atom stereocenters. The molecule has 3 aromatic carbocycles. The smallest absolute Gasteiger partial charge is 0.339 e. The normalized spacial score (nSPS) is 19.8. The van der Waals surface area contributed by atoms with Gasteiger partial charge in [0.15, 0.2) is 11.6 Å². The van der Waals surface area contributed by atoms with Crippen LogP contribution in [0.4, 0.5) is 8.78 Å². The van der Waals surface area contributed by atoms with Crippen LogP contribution >= 0.6 is 0 Å². The molecular formula is C34H40F2O6S2. The molecule has 3 aromatic rings. The van der Waals surface area contributed by atoms with Crippen molar-refractivity contribution in [2.24, 2.45) is 0 Å². The molecule has 0 radical (unpaired) electrons. The lowest BCUT2D eigenvalue weighted by Crippen LogP contribution is -2.22. The molecule has 3 fully saturated rings. The van der Waals surface area contributed by atoms with Crippen LogP contribution in [0, 0.1) is 11.6 Å². The molecule has 0 heterocycles. The molecule has 3 saturated carbocycles. The van der Waals surface area contributed by atoms with Crippen molar-refractivity contribution in [1.29, 1.82) is 0 Å². The van der Waals surface area contributed by atoms with E-state index in [1.165, 1.54) is 36.2 Å². The maximum atomic E-state index is 15.6. The fourth-order valence-corrected chi connectivity index (χ4v) is 10.2. The van der Waals surface area contributed by atoms with Gasteiger partial charge in [-0.3, -0.25) is 4.55 Å². The highest BCUT2D eigenvalue weighted by Gasteiger charge is 2.37. The monoisotopic (exact) mass is 646 g/mol. The second-order valence-electron chi connectivity index (χ2n) is 12.9. The Bertz CT molecular complexity index is 1710. The summed E-state index contributed by atoms with van der Waals surface area (Å²) in [5, 5.41) is -0.633. The third kappa shape index (κ3) is 6.14. The van der Waals surface area contributed by atoms with Crippen molar-refractivity contribution in [3.63, 3.8) is 0 Å². The molecule has 0 amide bonds. The summed E-state index contributed by atoms with van der Waals surface area (Å²) in [4.78, 5) is -1.18. The molecule has 6 nitrogen and oxygen atoms in total. The SMILES string of the molecule is O=S(=O)(O)c1c(F)c(F)c(OS(=O)(=O)c2c(C3CCCCC3)cc(C3CCCCC3)cc2C2CCCCC2)c2ccccc12. The van der Waals surface area contributed by atoms with E-state index in [2.05, 4.69) is 12.1 Å². The van der Waals surface area contributed by atoms with E-state index >= 15 is 8.78 Å². The lowest BCUT2D eigenvalue weighted by Gasteiger charge is -2.32. The Labute approximate surface area is 259 Å². The van der Waals surface area contributed by atoms with Crippen molar-refractivity contribution in [1.82, 2.24) is 0 Å². The number of fused-ring (bicyclic) bond motifs is 1. The summed E-state index contributed by atoms with van der Waals surface area (Å²) in [5.41, 5.74) is 2.60. The summed E-state index contributed by atoms with van der Waals surface area (Å²) in [7, 11) is -9.89. The van der Waals surface area contributed by atoms with E-state index in [4.69, 9.17) is 4.18 Å². The molecular weight excluding hydrogens is 606 g/mol. The Morgan fingerprint density at radius 1 is 0.614 bits per heavy atom. The van der Waals surface area contributed by atoms with Gasteiger partial charge in [0, 0.05) is 10.8 Å². The van der Waals surface area contributed by atoms with Crippen LogP contribution in [-0.4, -0.2) is 21.4 Å². The van der Waals surface area contributed by atoms with E-state index in [1.54, 1.807) is 0 Å². The fourth-order valence-electron chi connectivity index (χ4n) is 7.89. The first-order chi connectivity index (χ1) is 21.1. The summed E-state index contributed by atoms with van der Waals surface area (Å²) in [6, 6.07) is 9.38. The van der Waals surface area contributed by atoms with Crippen molar-refractivity contribution in [2.75, 3.05) is 0 Å². The minimum absolute atomic E-state index is 0.00300. The van der Waals surface area contributed by atoms with Crippen molar-refractivity contribution in [3.05, 3.63) is 64.7 Å².